The Morgan fingerprint density at radius 2 is 2.04 bits per heavy atom. The maximum atomic E-state index is 6.00. The molecule has 1 N–H and O–H groups in total. The average Bonchev–Trinajstić information content (AvgIpc) is 3.12. The summed E-state index contributed by atoms with van der Waals surface area (Å²) >= 11 is 0. The van der Waals surface area contributed by atoms with Crippen LogP contribution in [0.5, 0.6) is 11.5 Å². The number of likely N-dealkylation sites (tertiary alicyclic amines) is 1. The molecule has 0 bridgehead atoms. The molecule has 0 spiro atoms. The van der Waals surface area contributed by atoms with Crippen molar-refractivity contribution in [3.63, 3.8) is 0 Å². The molecule has 154 valence electrons. The summed E-state index contributed by atoms with van der Waals surface area (Å²) in [5.41, 5.74) is 0. The third-order valence-corrected chi connectivity index (χ3v) is 4.37. The largest absolute Gasteiger partial charge is 0.493 e. The van der Waals surface area contributed by atoms with Crippen molar-refractivity contribution in [3.8, 4) is 11.5 Å². The molecular weight excluding hydrogens is 457 g/mol. The summed E-state index contributed by atoms with van der Waals surface area (Å²) in [5, 5.41) is 3.40. The molecule has 1 aliphatic rings. The Balaban J connectivity index is 0.00000364. The van der Waals surface area contributed by atoms with E-state index in [-0.39, 0.29) is 30.1 Å². The topological polar surface area (TPSA) is 55.3 Å². The maximum Gasteiger partial charge on any atom is 0.194 e. The highest BCUT2D eigenvalue weighted by molar-refractivity contribution is 14.0. The van der Waals surface area contributed by atoms with Crippen molar-refractivity contribution in [2.45, 2.75) is 33.3 Å². The van der Waals surface area contributed by atoms with Crippen LogP contribution in [0.4, 0.5) is 0 Å². The van der Waals surface area contributed by atoms with Gasteiger partial charge in [0.05, 0.1) is 20.3 Å². The highest BCUT2D eigenvalue weighted by Crippen LogP contribution is 2.26. The number of hydrogen-bond acceptors (Lipinski definition) is 4. The maximum absolute atomic E-state index is 6.00. The molecule has 0 saturated carbocycles. The number of hydrogen-bond donors (Lipinski definition) is 1. The van der Waals surface area contributed by atoms with Crippen LogP contribution in [0, 0.1) is 5.92 Å². The normalized spacial score (nSPS) is 18.0. The molecule has 0 radical (unpaired) electrons. The van der Waals surface area contributed by atoms with Crippen LogP contribution in [0.25, 0.3) is 0 Å². The van der Waals surface area contributed by atoms with Gasteiger partial charge in [0.25, 0.3) is 0 Å². The van der Waals surface area contributed by atoms with Gasteiger partial charge in [-0.2, -0.15) is 0 Å². The fraction of sp³-hybridized carbons (Fsp3) is 0.650. The molecule has 1 aliphatic heterocycles. The number of benzene rings is 1. The third kappa shape index (κ3) is 7.73. The van der Waals surface area contributed by atoms with E-state index in [9.17, 15) is 0 Å². The van der Waals surface area contributed by atoms with Crippen LogP contribution < -0.4 is 14.8 Å². The molecule has 0 aliphatic carbocycles. The van der Waals surface area contributed by atoms with E-state index in [4.69, 9.17) is 19.2 Å². The van der Waals surface area contributed by atoms with Gasteiger partial charge < -0.3 is 24.4 Å². The van der Waals surface area contributed by atoms with E-state index >= 15 is 0 Å². The van der Waals surface area contributed by atoms with Gasteiger partial charge >= 0.3 is 0 Å². The number of para-hydroxylation sites is 2. The zero-order chi connectivity index (χ0) is 18.8. The first-order valence-corrected chi connectivity index (χ1v) is 9.58. The molecule has 1 aromatic rings. The van der Waals surface area contributed by atoms with E-state index in [1.54, 1.807) is 7.11 Å². The lowest BCUT2D eigenvalue weighted by Crippen LogP contribution is -2.41. The second kappa shape index (κ2) is 13.0. The Hall–Kier alpha value is -1.22. The van der Waals surface area contributed by atoms with E-state index in [0.29, 0.717) is 12.5 Å². The van der Waals surface area contributed by atoms with Gasteiger partial charge in [0.15, 0.2) is 17.5 Å². The average molecular weight is 491 g/mol. The quantitative estimate of drug-likeness (QED) is 0.326. The zero-order valence-electron chi connectivity index (χ0n) is 16.9. The molecule has 0 aromatic heterocycles. The summed E-state index contributed by atoms with van der Waals surface area (Å²) in [6, 6.07) is 7.70. The molecule has 2 atom stereocenters. The number of halogens is 1. The third-order valence-electron chi connectivity index (χ3n) is 4.37. The Morgan fingerprint density at radius 3 is 2.70 bits per heavy atom. The molecule has 27 heavy (non-hydrogen) atoms. The van der Waals surface area contributed by atoms with Crippen molar-refractivity contribution in [1.29, 1.82) is 0 Å². The predicted molar refractivity (Wildman–Crippen MR) is 121 cm³/mol. The van der Waals surface area contributed by atoms with Crippen molar-refractivity contribution in [1.82, 2.24) is 10.2 Å². The van der Waals surface area contributed by atoms with Crippen molar-refractivity contribution in [2.75, 3.05) is 46.5 Å². The SMILES string of the molecule is CCNC(=NCC(C)Oc1ccccc1OC)N1CCC(COCC)C1.I. The lowest BCUT2D eigenvalue weighted by Gasteiger charge is -2.22. The fourth-order valence-electron chi connectivity index (χ4n) is 3.06. The van der Waals surface area contributed by atoms with Gasteiger partial charge in [-0.15, -0.1) is 24.0 Å². The summed E-state index contributed by atoms with van der Waals surface area (Å²) in [4.78, 5) is 7.11. The Bertz CT molecular complexity index is 571. The molecule has 7 heteroatoms. The van der Waals surface area contributed by atoms with Crippen LogP contribution in [0.2, 0.25) is 0 Å². The minimum absolute atomic E-state index is 0. The number of methoxy groups -OCH3 is 1. The van der Waals surface area contributed by atoms with Gasteiger partial charge in [0, 0.05) is 32.2 Å². The zero-order valence-corrected chi connectivity index (χ0v) is 19.3. The molecule has 1 heterocycles. The fourth-order valence-corrected chi connectivity index (χ4v) is 3.06. The van der Waals surface area contributed by atoms with Gasteiger partial charge in [-0.05, 0) is 39.3 Å². The van der Waals surface area contributed by atoms with Gasteiger partial charge in [-0.1, -0.05) is 12.1 Å². The molecule has 1 fully saturated rings. The number of guanidine groups is 1. The number of nitrogens with zero attached hydrogens (tertiary/aromatic N) is 2. The first-order valence-electron chi connectivity index (χ1n) is 9.58. The van der Waals surface area contributed by atoms with E-state index in [1.165, 1.54) is 0 Å². The predicted octanol–water partition coefficient (Wildman–Crippen LogP) is 3.40. The lowest BCUT2D eigenvalue weighted by atomic mass is 10.1. The van der Waals surface area contributed by atoms with Gasteiger partial charge in [-0.25, -0.2) is 4.99 Å². The first kappa shape index (κ1) is 23.8. The van der Waals surface area contributed by atoms with Crippen molar-refractivity contribution >= 4 is 29.9 Å². The molecular formula is C20H34IN3O3. The highest BCUT2D eigenvalue weighted by Gasteiger charge is 2.25. The second-order valence-electron chi connectivity index (χ2n) is 6.53. The van der Waals surface area contributed by atoms with Crippen LogP contribution in [0.15, 0.2) is 29.3 Å². The smallest absolute Gasteiger partial charge is 0.194 e. The summed E-state index contributed by atoms with van der Waals surface area (Å²) in [7, 11) is 1.65. The van der Waals surface area contributed by atoms with E-state index in [1.807, 2.05) is 38.1 Å². The Labute approximate surface area is 180 Å². The number of aliphatic imine (C=N–C) groups is 1. The monoisotopic (exact) mass is 491 g/mol. The van der Waals surface area contributed by atoms with Gasteiger partial charge in [-0.3, -0.25) is 0 Å². The number of rotatable bonds is 9. The van der Waals surface area contributed by atoms with Crippen LogP contribution in [-0.4, -0.2) is 63.5 Å². The van der Waals surface area contributed by atoms with E-state index in [2.05, 4.69) is 17.1 Å². The van der Waals surface area contributed by atoms with Crippen LogP contribution in [-0.2, 0) is 4.74 Å². The Kier molecular flexibility index (Phi) is 11.5. The van der Waals surface area contributed by atoms with Gasteiger partial charge in [0.1, 0.15) is 6.10 Å². The first-order chi connectivity index (χ1) is 12.7. The van der Waals surface area contributed by atoms with Crippen molar-refractivity contribution in [3.05, 3.63) is 24.3 Å². The summed E-state index contributed by atoms with van der Waals surface area (Å²) in [6.45, 7) is 11.2. The molecule has 0 amide bonds. The molecule has 2 unspecified atom stereocenters. The Morgan fingerprint density at radius 1 is 1.30 bits per heavy atom. The van der Waals surface area contributed by atoms with Crippen molar-refractivity contribution < 1.29 is 14.2 Å². The molecule has 2 rings (SSSR count). The van der Waals surface area contributed by atoms with E-state index < -0.39 is 0 Å². The minimum Gasteiger partial charge on any atom is -0.493 e. The second-order valence-corrected chi connectivity index (χ2v) is 6.53. The van der Waals surface area contributed by atoms with Crippen LogP contribution in [0.3, 0.4) is 0 Å². The minimum atomic E-state index is -0.0400. The van der Waals surface area contributed by atoms with Crippen LogP contribution in [0.1, 0.15) is 27.2 Å². The number of ether oxygens (including phenoxy) is 3. The van der Waals surface area contributed by atoms with Crippen LogP contribution >= 0.6 is 24.0 Å². The molecule has 1 saturated heterocycles. The van der Waals surface area contributed by atoms with E-state index in [0.717, 1.165) is 56.7 Å². The summed E-state index contributed by atoms with van der Waals surface area (Å²) in [6.07, 6.45) is 1.11. The molecule has 1 aromatic carbocycles. The lowest BCUT2D eigenvalue weighted by molar-refractivity contribution is 0.114. The standard InChI is InChI=1S/C20H33N3O3.HI/c1-5-21-20(23-12-11-17(14-23)15-25-6-2)22-13-16(3)26-19-10-8-7-9-18(19)24-4;/h7-10,16-17H,5-6,11-15H2,1-4H3,(H,21,22);1H. The van der Waals surface area contributed by atoms with Crippen molar-refractivity contribution in [2.24, 2.45) is 10.9 Å². The molecule has 6 nitrogen and oxygen atoms in total. The summed E-state index contributed by atoms with van der Waals surface area (Å²) in [5.74, 6) is 3.04. The summed E-state index contributed by atoms with van der Waals surface area (Å²) < 4.78 is 16.9. The van der Waals surface area contributed by atoms with Gasteiger partial charge in [0.2, 0.25) is 0 Å². The highest BCUT2D eigenvalue weighted by atomic mass is 127. The number of nitrogens with one attached hydrogen (secondary N) is 1.